The van der Waals surface area contributed by atoms with Gasteiger partial charge >= 0.3 is 0 Å². The van der Waals surface area contributed by atoms with E-state index in [9.17, 15) is 0 Å². The molecule has 4 aromatic carbocycles. The molecular formula is C30H22N2O. The lowest BCUT2D eigenvalue weighted by molar-refractivity contribution is 0.403. The van der Waals surface area contributed by atoms with Gasteiger partial charge < -0.3 is 4.52 Å². The van der Waals surface area contributed by atoms with E-state index in [1.165, 1.54) is 0 Å². The number of hydrogen-bond acceptors (Lipinski definition) is 3. The molecule has 5 rings (SSSR count). The van der Waals surface area contributed by atoms with Crippen LogP contribution in [0.3, 0.4) is 0 Å². The van der Waals surface area contributed by atoms with Crippen molar-refractivity contribution in [3.05, 3.63) is 131 Å². The summed E-state index contributed by atoms with van der Waals surface area (Å²) in [5.74, 6) is 0.656. The average Bonchev–Trinajstić information content (AvgIpc) is 3.37. The van der Waals surface area contributed by atoms with Crippen molar-refractivity contribution in [2.75, 3.05) is 0 Å². The molecule has 0 amide bonds. The van der Waals surface area contributed by atoms with Gasteiger partial charge in [-0.15, -0.1) is 5.10 Å². The fraction of sp³-hybridized carbons (Fsp3) is 0. The first kappa shape index (κ1) is 20.4. The predicted molar refractivity (Wildman–Crippen MR) is 136 cm³/mol. The Hall–Kier alpha value is -4.50. The summed E-state index contributed by atoms with van der Waals surface area (Å²) < 4.78 is 5.70. The average molecular weight is 427 g/mol. The van der Waals surface area contributed by atoms with Gasteiger partial charge in [0.05, 0.1) is 0 Å². The molecule has 1 heterocycles. The SMILES string of the molecule is C(=Cc1ccccc1-c1nnoc1-c1ccccc1C=Cc1ccccc1)c1ccccc1. The zero-order valence-corrected chi connectivity index (χ0v) is 18.0. The highest BCUT2D eigenvalue weighted by molar-refractivity contribution is 5.88. The lowest BCUT2D eigenvalue weighted by atomic mass is 9.97. The Morgan fingerprint density at radius 1 is 0.485 bits per heavy atom. The summed E-state index contributed by atoms with van der Waals surface area (Å²) in [6.45, 7) is 0. The maximum absolute atomic E-state index is 5.70. The summed E-state index contributed by atoms with van der Waals surface area (Å²) in [5, 5.41) is 8.28. The van der Waals surface area contributed by atoms with Crippen LogP contribution in [0, 0.1) is 0 Å². The van der Waals surface area contributed by atoms with E-state index in [1.54, 1.807) is 0 Å². The molecule has 0 atom stereocenters. The van der Waals surface area contributed by atoms with Crippen LogP contribution in [0.2, 0.25) is 0 Å². The molecule has 0 aliphatic carbocycles. The lowest BCUT2D eigenvalue weighted by Crippen LogP contribution is -1.88. The Balaban J connectivity index is 1.53. The van der Waals surface area contributed by atoms with Gasteiger partial charge in [-0.25, -0.2) is 0 Å². The molecule has 3 heteroatoms. The maximum atomic E-state index is 5.70. The minimum Gasteiger partial charge on any atom is -0.336 e. The van der Waals surface area contributed by atoms with Gasteiger partial charge in [0.2, 0.25) is 0 Å². The monoisotopic (exact) mass is 426 g/mol. The van der Waals surface area contributed by atoms with Crippen molar-refractivity contribution < 1.29 is 4.52 Å². The van der Waals surface area contributed by atoms with Crippen LogP contribution in [0.5, 0.6) is 0 Å². The normalized spacial score (nSPS) is 11.4. The Labute approximate surface area is 193 Å². The smallest absolute Gasteiger partial charge is 0.195 e. The summed E-state index contributed by atoms with van der Waals surface area (Å²) >= 11 is 0. The van der Waals surface area contributed by atoms with Gasteiger partial charge in [-0.1, -0.05) is 133 Å². The van der Waals surface area contributed by atoms with Gasteiger partial charge in [-0.05, 0) is 22.3 Å². The molecule has 0 fully saturated rings. The van der Waals surface area contributed by atoms with Crippen LogP contribution in [-0.4, -0.2) is 10.4 Å². The fourth-order valence-electron chi connectivity index (χ4n) is 3.75. The standard InChI is InChI=1S/C30H22N2O/c1-3-11-23(12-4-1)19-21-25-15-7-9-17-27(25)29-30(33-32-31-29)28-18-10-8-16-26(28)22-20-24-13-5-2-6-14-24/h1-22H. The van der Waals surface area contributed by atoms with Crippen molar-refractivity contribution in [1.29, 1.82) is 0 Å². The number of rotatable bonds is 6. The summed E-state index contributed by atoms with van der Waals surface area (Å²) in [6.07, 6.45) is 8.39. The van der Waals surface area contributed by atoms with Crippen molar-refractivity contribution >= 4 is 24.3 Å². The second kappa shape index (κ2) is 9.75. The van der Waals surface area contributed by atoms with E-state index in [0.29, 0.717) is 5.76 Å². The van der Waals surface area contributed by atoms with E-state index in [2.05, 4.69) is 77.1 Å². The van der Waals surface area contributed by atoms with E-state index in [1.807, 2.05) is 66.7 Å². The third kappa shape index (κ3) is 4.73. The Kier molecular flexibility index (Phi) is 6.03. The Bertz CT molecular complexity index is 1290. The van der Waals surface area contributed by atoms with E-state index in [0.717, 1.165) is 39.1 Å². The molecule has 3 nitrogen and oxygen atoms in total. The van der Waals surface area contributed by atoms with E-state index in [-0.39, 0.29) is 0 Å². The van der Waals surface area contributed by atoms with Crippen LogP contribution in [0.25, 0.3) is 46.9 Å². The van der Waals surface area contributed by atoms with Gasteiger partial charge in [-0.3, -0.25) is 0 Å². The molecule has 0 bridgehead atoms. The lowest BCUT2D eigenvalue weighted by Gasteiger charge is -2.07. The van der Waals surface area contributed by atoms with Crippen LogP contribution in [0.15, 0.2) is 114 Å². The molecule has 0 N–H and O–H groups in total. The molecule has 0 saturated carbocycles. The molecule has 0 unspecified atom stereocenters. The number of aromatic nitrogens is 2. The number of benzene rings is 4. The largest absolute Gasteiger partial charge is 0.336 e. The molecule has 158 valence electrons. The Morgan fingerprint density at radius 2 is 0.970 bits per heavy atom. The molecule has 33 heavy (non-hydrogen) atoms. The molecule has 0 spiro atoms. The first-order valence-corrected chi connectivity index (χ1v) is 10.9. The summed E-state index contributed by atoms with van der Waals surface area (Å²) in [7, 11) is 0. The second-order valence-corrected chi connectivity index (χ2v) is 7.61. The summed E-state index contributed by atoms with van der Waals surface area (Å²) in [5.41, 5.74) is 7.02. The van der Waals surface area contributed by atoms with Crippen molar-refractivity contribution in [2.45, 2.75) is 0 Å². The number of hydrogen-bond donors (Lipinski definition) is 0. The van der Waals surface area contributed by atoms with Crippen LogP contribution < -0.4 is 0 Å². The van der Waals surface area contributed by atoms with E-state index < -0.39 is 0 Å². The first-order chi connectivity index (χ1) is 16.4. The van der Waals surface area contributed by atoms with Crippen LogP contribution in [0.4, 0.5) is 0 Å². The van der Waals surface area contributed by atoms with Gasteiger partial charge in [0, 0.05) is 16.4 Å². The van der Waals surface area contributed by atoms with Gasteiger partial charge in [-0.2, -0.15) is 0 Å². The molecule has 5 aromatic rings. The highest BCUT2D eigenvalue weighted by Gasteiger charge is 2.18. The van der Waals surface area contributed by atoms with Crippen LogP contribution >= 0.6 is 0 Å². The molecule has 0 aliphatic rings. The molecular weight excluding hydrogens is 404 g/mol. The zero-order valence-electron chi connectivity index (χ0n) is 18.0. The zero-order chi connectivity index (χ0) is 22.3. The van der Waals surface area contributed by atoms with Gasteiger partial charge in [0.25, 0.3) is 0 Å². The molecule has 1 aromatic heterocycles. The van der Waals surface area contributed by atoms with Crippen molar-refractivity contribution in [2.24, 2.45) is 0 Å². The molecule has 0 saturated heterocycles. The summed E-state index contributed by atoms with van der Waals surface area (Å²) in [6, 6.07) is 36.8. The maximum Gasteiger partial charge on any atom is 0.195 e. The number of nitrogens with zero attached hydrogens (tertiary/aromatic N) is 2. The fourth-order valence-corrected chi connectivity index (χ4v) is 3.75. The van der Waals surface area contributed by atoms with Gasteiger partial charge in [0.15, 0.2) is 5.76 Å². The van der Waals surface area contributed by atoms with Crippen LogP contribution in [-0.2, 0) is 0 Å². The first-order valence-electron chi connectivity index (χ1n) is 10.9. The van der Waals surface area contributed by atoms with Crippen molar-refractivity contribution in [3.63, 3.8) is 0 Å². The van der Waals surface area contributed by atoms with Gasteiger partial charge in [0.1, 0.15) is 5.69 Å². The summed E-state index contributed by atoms with van der Waals surface area (Å²) in [4.78, 5) is 0. The van der Waals surface area contributed by atoms with Crippen molar-refractivity contribution in [3.8, 4) is 22.6 Å². The van der Waals surface area contributed by atoms with E-state index in [4.69, 9.17) is 4.52 Å². The second-order valence-electron chi connectivity index (χ2n) is 7.61. The third-order valence-corrected chi connectivity index (χ3v) is 5.42. The third-order valence-electron chi connectivity index (χ3n) is 5.42. The molecule has 0 aliphatic heterocycles. The highest BCUT2D eigenvalue weighted by atomic mass is 16.5. The van der Waals surface area contributed by atoms with Crippen LogP contribution in [0.1, 0.15) is 22.3 Å². The Morgan fingerprint density at radius 3 is 1.58 bits per heavy atom. The quantitative estimate of drug-likeness (QED) is 0.261. The minimum absolute atomic E-state index is 0.656. The predicted octanol–water partition coefficient (Wildman–Crippen LogP) is 7.74. The topological polar surface area (TPSA) is 38.9 Å². The molecule has 0 radical (unpaired) electrons. The van der Waals surface area contributed by atoms with E-state index >= 15 is 0 Å². The van der Waals surface area contributed by atoms with Crippen molar-refractivity contribution in [1.82, 2.24) is 10.4 Å². The highest BCUT2D eigenvalue weighted by Crippen LogP contribution is 2.35. The minimum atomic E-state index is 0.656.